The summed E-state index contributed by atoms with van der Waals surface area (Å²) in [5.74, 6) is 4.07. The Labute approximate surface area is 113 Å². The number of rotatable bonds is 3. The number of aromatic nitrogens is 3. The van der Waals surface area contributed by atoms with Crippen LogP contribution in [0.15, 0.2) is 0 Å². The molecule has 5 heteroatoms. The summed E-state index contributed by atoms with van der Waals surface area (Å²) >= 11 is 0. The van der Waals surface area contributed by atoms with Gasteiger partial charge in [0.25, 0.3) is 0 Å². The van der Waals surface area contributed by atoms with Crippen molar-refractivity contribution in [3.8, 4) is 0 Å². The minimum atomic E-state index is 0.178. The zero-order valence-electron chi connectivity index (χ0n) is 11.9. The zero-order chi connectivity index (χ0) is 13.6. The molecule has 0 aromatic carbocycles. The standard InChI is InChI=1S/C14H22N4O/c1-8(2)13-15-14(17-16-13)12-7-18(9(3)19)6-11(12)10-4-5-10/h8,10-12H,4-7H2,1-3H3,(H,15,16,17)/t11-,12+/m1/s1. The Hall–Kier alpha value is -1.39. The third-order valence-electron chi connectivity index (χ3n) is 4.43. The average molecular weight is 262 g/mol. The predicted molar refractivity (Wildman–Crippen MR) is 71.7 cm³/mol. The van der Waals surface area contributed by atoms with Crippen LogP contribution in [-0.2, 0) is 4.79 Å². The molecule has 1 saturated heterocycles. The van der Waals surface area contributed by atoms with Gasteiger partial charge in [-0.3, -0.25) is 9.89 Å². The van der Waals surface area contributed by atoms with Gasteiger partial charge in [0.15, 0.2) is 5.82 Å². The topological polar surface area (TPSA) is 61.9 Å². The van der Waals surface area contributed by atoms with Crippen LogP contribution >= 0.6 is 0 Å². The van der Waals surface area contributed by atoms with E-state index in [4.69, 9.17) is 0 Å². The van der Waals surface area contributed by atoms with Gasteiger partial charge in [0.2, 0.25) is 5.91 Å². The maximum Gasteiger partial charge on any atom is 0.219 e. The molecule has 1 saturated carbocycles. The van der Waals surface area contributed by atoms with Gasteiger partial charge in [-0.1, -0.05) is 13.8 Å². The van der Waals surface area contributed by atoms with Crippen molar-refractivity contribution in [1.82, 2.24) is 20.1 Å². The van der Waals surface area contributed by atoms with Gasteiger partial charge in [-0.15, -0.1) is 0 Å². The smallest absolute Gasteiger partial charge is 0.219 e. The third-order valence-corrected chi connectivity index (χ3v) is 4.43. The maximum absolute atomic E-state index is 11.6. The molecule has 2 fully saturated rings. The fourth-order valence-electron chi connectivity index (χ4n) is 3.09. The minimum Gasteiger partial charge on any atom is -0.342 e. The molecule has 0 radical (unpaired) electrons. The Morgan fingerprint density at radius 2 is 2.11 bits per heavy atom. The minimum absolute atomic E-state index is 0.178. The van der Waals surface area contributed by atoms with Crippen LogP contribution in [0.5, 0.6) is 0 Å². The number of aromatic amines is 1. The molecule has 1 aliphatic carbocycles. The van der Waals surface area contributed by atoms with Crippen molar-refractivity contribution in [2.45, 2.75) is 45.4 Å². The molecule has 0 spiro atoms. The lowest BCUT2D eigenvalue weighted by atomic mass is 9.91. The highest BCUT2D eigenvalue weighted by molar-refractivity contribution is 5.73. The van der Waals surface area contributed by atoms with Crippen molar-refractivity contribution in [2.24, 2.45) is 11.8 Å². The van der Waals surface area contributed by atoms with Gasteiger partial charge in [-0.2, -0.15) is 5.10 Å². The van der Waals surface area contributed by atoms with Crippen LogP contribution < -0.4 is 0 Å². The van der Waals surface area contributed by atoms with E-state index in [1.165, 1.54) is 12.8 Å². The summed E-state index contributed by atoms with van der Waals surface area (Å²) in [4.78, 5) is 18.2. The molecule has 1 amide bonds. The van der Waals surface area contributed by atoms with Crippen LogP contribution in [-0.4, -0.2) is 39.1 Å². The first kappa shape index (κ1) is 12.6. The molecule has 2 atom stereocenters. The van der Waals surface area contributed by atoms with E-state index in [-0.39, 0.29) is 5.91 Å². The van der Waals surface area contributed by atoms with Gasteiger partial charge in [0, 0.05) is 31.8 Å². The van der Waals surface area contributed by atoms with Crippen LogP contribution in [0.2, 0.25) is 0 Å². The first-order valence-electron chi connectivity index (χ1n) is 7.24. The Bertz CT molecular complexity index is 478. The van der Waals surface area contributed by atoms with Crippen molar-refractivity contribution >= 4 is 5.91 Å². The number of likely N-dealkylation sites (tertiary alicyclic amines) is 1. The van der Waals surface area contributed by atoms with Crippen molar-refractivity contribution in [3.05, 3.63) is 11.6 Å². The number of nitrogens with one attached hydrogen (secondary N) is 1. The number of H-pyrrole nitrogens is 1. The van der Waals surface area contributed by atoms with Crippen LogP contribution in [0.1, 0.15) is 57.1 Å². The van der Waals surface area contributed by atoms with Crippen LogP contribution in [0.25, 0.3) is 0 Å². The lowest BCUT2D eigenvalue weighted by Crippen LogP contribution is -2.26. The van der Waals surface area contributed by atoms with E-state index in [1.807, 2.05) is 4.90 Å². The monoisotopic (exact) mass is 262 g/mol. The molecule has 19 heavy (non-hydrogen) atoms. The first-order chi connectivity index (χ1) is 9.06. The van der Waals surface area contributed by atoms with Crippen LogP contribution in [0.3, 0.4) is 0 Å². The first-order valence-corrected chi connectivity index (χ1v) is 7.24. The van der Waals surface area contributed by atoms with Crippen molar-refractivity contribution in [2.75, 3.05) is 13.1 Å². The highest BCUT2D eigenvalue weighted by Crippen LogP contribution is 2.46. The number of amides is 1. The molecule has 1 N–H and O–H groups in total. The molecule has 2 heterocycles. The number of hydrogen-bond acceptors (Lipinski definition) is 3. The summed E-state index contributed by atoms with van der Waals surface area (Å²) in [6.07, 6.45) is 2.61. The zero-order valence-corrected chi connectivity index (χ0v) is 11.9. The molecule has 1 aliphatic heterocycles. The Balaban J connectivity index is 1.82. The number of carbonyl (C=O) groups is 1. The van der Waals surface area contributed by atoms with Gasteiger partial charge in [-0.25, -0.2) is 4.98 Å². The van der Waals surface area contributed by atoms with Crippen LogP contribution in [0.4, 0.5) is 0 Å². The van der Waals surface area contributed by atoms with E-state index in [0.29, 0.717) is 17.8 Å². The van der Waals surface area contributed by atoms with Crippen molar-refractivity contribution in [1.29, 1.82) is 0 Å². The third kappa shape index (κ3) is 2.38. The van der Waals surface area contributed by atoms with Gasteiger partial charge >= 0.3 is 0 Å². The summed E-state index contributed by atoms with van der Waals surface area (Å²) < 4.78 is 0. The summed E-state index contributed by atoms with van der Waals surface area (Å²) in [5, 5.41) is 7.41. The number of carbonyl (C=O) groups excluding carboxylic acids is 1. The van der Waals surface area contributed by atoms with Crippen molar-refractivity contribution < 1.29 is 4.79 Å². The summed E-state index contributed by atoms with van der Waals surface area (Å²) in [5.41, 5.74) is 0. The molecule has 1 aromatic rings. The van der Waals surface area contributed by atoms with Gasteiger partial charge in [0.1, 0.15) is 5.82 Å². The molecule has 2 aliphatic rings. The molecule has 0 unspecified atom stereocenters. The largest absolute Gasteiger partial charge is 0.342 e. The molecular formula is C14H22N4O. The molecule has 1 aromatic heterocycles. The number of nitrogens with zero attached hydrogens (tertiary/aromatic N) is 3. The second-order valence-electron chi connectivity index (χ2n) is 6.27. The van der Waals surface area contributed by atoms with Gasteiger partial charge in [0.05, 0.1) is 0 Å². The Kier molecular flexibility index (Phi) is 3.07. The van der Waals surface area contributed by atoms with Gasteiger partial charge in [-0.05, 0) is 24.7 Å². The fourth-order valence-corrected chi connectivity index (χ4v) is 3.09. The van der Waals surface area contributed by atoms with E-state index in [0.717, 1.165) is 30.7 Å². The van der Waals surface area contributed by atoms with E-state index in [9.17, 15) is 4.79 Å². The number of hydrogen-bond donors (Lipinski definition) is 1. The maximum atomic E-state index is 11.6. The van der Waals surface area contributed by atoms with Gasteiger partial charge < -0.3 is 4.90 Å². The SMILES string of the molecule is CC(=O)N1C[C@H](c2nc(C(C)C)n[nH]2)[C@@H](C2CC2)C1. The fraction of sp³-hybridized carbons (Fsp3) is 0.786. The molecular weight excluding hydrogens is 240 g/mol. The van der Waals surface area contributed by atoms with Crippen molar-refractivity contribution in [3.63, 3.8) is 0 Å². The predicted octanol–water partition coefficient (Wildman–Crippen LogP) is 1.90. The quantitative estimate of drug-likeness (QED) is 0.905. The highest BCUT2D eigenvalue weighted by Gasteiger charge is 2.45. The lowest BCUT2D eigenvalue weighted by Gasteiger charge is -2.14. The highest BCUT2D eigenvalue weighted by atomic mass is 16.2. The second kappa shape index (κ2) is 4.62. The normalized spacial score (nSPS) is 27.3. The molecule has 3 rings (SSSR count). The average Bonchev–Trinajstić information content (AvgIpc) is 2.93. The summed E-state index contributed by atoms with van der Waals surface area (Å²) in [6, 6.07) is 0. The lowest BCUT2D eigenvalue weighted by molar-refractivity contribution is -0.127. The second-order valence-corrected chi connectivity index (χ2v) is 6.27. The molecule has 0 bridgehead atoms. The van der Waals surface area contributed by atoms with E-state index < -0.39 is 0 Å². The van der Waals surface area contributed by atoms with E-state index in [2.05, 4.69) is 29.0 Å². The Morgan fingerprint density at radius 1 is 1.37 bits per heavy atom. The molecule has 104 valence electrons. The van der Waals surface area contributed by atoms with Crippen LogP contribution in [0, 0.1) is 11.8 Å². The van der Waals surface area contributed by atoms with E-state index in [1.54, 1.807) is 6.92 Å². The van der Waals surface area contributed by atoms with E-state index >= 15 is 0 Å². The Morgan fingerprint density at radius 3 is 2.63 bits per heavy atom. The molecule has 5 nitrogen and oxygen atoms in total. The summed E-state index contributed by atoms with van der Waals surface area (Å²) in [7, 11) is 0. The summed E-state index contributed by atoms with van der Waals surface area (Å²) in [6.45, 7) is 7.54.